The Morgan fingerprint density at radius 2 is 1.48 bits per heavy atom. The number of rotatable bonds is 11. The van der Waals surface area contributed by atoms with Gasteiger partial charge in [0.15, 0.2) is 6.10 Å². The number of nitrogens with one attached hydrogen (secondary N) is 1. The van der Waals surface area contributed by atoms with Crippen LogP contribution in [0.3, 0.4) is 0 Å². The van der Waals surface area contributed by atoms with Crippen LogP contribution in [0.15, 0.2) is 36.4 Å². The molecular weight excluding hydrogens is 748 g/mol. The number of fused-ring (bicyclic) bond motifs is 1. The average molecular weight is 807 g/mol. The van der Waals surface area contributed by atoms with Crippen LogP contribution in [-0.2, 0) is 41.4 Å². The summed E-state index contributed by atoms with van der Waals surface area (Å²) in [5, 5.41) is 13.4. The number of para-hydroxylation sites is 1. The van der Waals surface area contributed by atoms with Crippen molar-refractivity contribution >= 4 is 35.8 Å². The SMILES string of the molecule is CCOC(=O)OC(C)OC(=O)CN1CCC(N2CCN(C(=O)[C@@H](Cc3cc(C)c(O)c(C)c3)OC(=O)N3CCC(N4CCc5ccccc5NC4=O)CC3)CC2)CC1. The summed E-state index contributed by atoms with van der Waals surface area (Å²) in [6.45, 7) is 12.1. The van der Waals surface area contributed by atoms with Crippen molar-refractivity contribution < 1.29 is 48.0 Å². The molecule has 4 heterocycles. The van der Waals surface area contributed by atoms with Crippen LogP contribution < -0.4 is 5.32 Å². The number of hydrogen-bond acceptors (Lipinski definition) is 12. The zero-order valence-corrected chi connectivity index (χ0v) is 34.2. The van der Waals surface area contributed by atoms with E-state index in [1.54, 1.807) is 16.7 Å². The number of piperazine rings is 1. The Balaban J connectivity index is 1.00. The Morgan fingerprint density at radius 3 is 2.16 bits per heavy atom. The topological polar surface area (TPSA) is 171 Å². The molecule has 3 saturated heterocycles. The summed E-state index contributed by atoms with van der Waals surface area (Å²) >= 11 is 0. The molecule has 58 heavy (non-hydrogen) atoms. The number of hydrogen-bond donors (Lipinski definition) is 2. The van der Waals surface area contributed by atoms with Crippen molar-refractivity contribution in [3.05, 3.63) is 58.7 Å². The summed E-state index contributed by atoms with van der Waals surface area (Å²) in [5.41, 5.74) is 4.10. The minimum Gasteiger partial charge on any atom is -0.507 e. The van der Waals surface area contributed by atoms with Crippen LogP contribution in [0.5, 0.6) is 5.75 Å². The molecule has 16 heteroatoms. The zero-order valence-electron chi connectivity index (χ0n) is 34.2. The number of piperidine rings is 2. The first-order chi connectivity index (χ1) is 27.9. The summed E-state index contributed by atoms with van der Waals surface area (Å²) in [7, 11) is 0. The van der Waals surface area contributed by atoms with Crippen molar-refractivity contribution in [2.45, 2.75) is 90.7 Å². The quantitative estimate of drug-likeness (QED) is 0.188. The molecule has 0 radical (unpaired) electrons. The molecule has 0 aliphatic carbocycles. The van der Waals surface area contributed by atoms with Gasteiger partial charge in [-0.15, -0.1) is 0 Å². The van der Waals surface area contributed by atoms with Crippen LogP contribution >= 0.6 is 0 Å². The minimum absolute atomic E-state index is 0.0215. The van der Waals surface area contributed by atoms with Crippen LogP contribution in [0.1, 0.15) is 61.8 Å². The maximum atomic E-state index is 14.2. The summed E-state index contributed by atoms with van der Waals surface area (Å²) in [5.74, 6) is -0.527. The largest absolute Gasteiger partial charge is 0.511 e. The van der Waals surface area contributed by atoms with E-state index in [-0.39, 0.29) is 43.3 Å². The summed E-state index contributed by atoms with van der Waals surface area (Å²) in [6, 6.07) is 11.6. The molecule has 16 nitrogen and oxygen atoms in total. The van der Waals surface area contributed by atoms with Crippen LogP contribution in [0.4, 0.5) is 20.1 Å². The second kappa shape index (κ2) is 19.6. The number of esters is 1. The molecule has 0 saturated carbocycles. The molecule has 1 unspecified atom stereocenters. The van der Waals surface area contributed by atoms with E-state index in [0.29, 0.717) is 88.9 Å². The van der Waals surface area contributed by atoms with E-state index in [4.69, 9.17) is 18.9 Å². The average Bonchev–Trinajstić information content (AvgIpc) is 3.37. The van der Waals surface area contributed by atoms with E-state index in [2.05, 4.69) is 10.2 Å². The Hall–Kier alpha value is -5.09. The number of carbonyl (C=O) groups excluding carboxylic acids is 5. The lowest BCUT2D eigenvalue weighted by molar-refractivity contribution is -0.169. The Kier molecular flexibility index (Phi) is 14.3. The highest BCUT2D eigenvalue weighted by molar-refractivity contribution is 5.91. The van der Waals surface area contributed by atoms with Gasteiger partial charge < -0.3 is 44.1 Å². The number of anilines is 1. The number of likely N-dealkylation sites (tertiary alicyclic amines) is 2. The van der Waals surface area contributed by atoms with Gasteiger partial charge in [0.2, 0.25) is 6.29 Å². The van der Waals surface area contributed by atoms with E-state index >= 15 is 0 Å². The van der Waals surface area contributed by atoms with Gasteiger partial charge in [0.05, 0.1) is 13.2 Å². The molecule has 4 aliphatic rings. The van der Waals surface area contributed by atoms with Gasteiger partial charge in [-0.2, -0.15) is 0 Å². The first-order valence-corrected chi connectivity index (χ1v) is 20.6. The minimum atomic E-state index is -1.05. The molecule has 2 aromatic rings. The third-order valence-corrected chi connectivity index (χ3v) is 11.7. The number of amides is 4. The number of aryl methyl sites for hydroxylation is 2. The molecule has 2 atom stereocenters. The fraction of sp³-hybridized carbons (Fsp3) is 0.595. The fourth-order valence-electron chi connectivity index (χ4n) is 8.52. The Bertz CT molecular complexity index is 1760. The maximum absolute atomic E-state index is 14.2. The summed E-state index contributed by atoms with van der Waals surface area (Å²) < 4.78 is 20.9. The molecule has 4 amide bonds. The molecule has 0 spiro atoms. The predicted octanol–water partition coefficient (Wildman–Crippen LogP) is 4.28. The second-order valence-electron chi connectivity index (χ2n) is 15.6. The number of urea groups is 1. The smallest absolute Gasteiger partial charge is 0.507 e. The van der Waals surface area contributed by atoms with E-state index in [1.807, 2.05) is 60.0 Å². The highest BCUT2D eigenvalue weighted by Gasteiger charge is 2.37. The molecule has 6 rings (SSSR count). The number of phenolic OH excluding ortho intramolecular Hbond substituents is 1. The van der Waals surface area contributed by atoms with Gasteiger partial charge in [-0.25, -0.2) is 14.4 Å². The molecule has 3 fully saturated rings. The van der Waals surface area contributed by atoms with Crippen LogP contribution in [0.25, 0.3) is 0 Å². The molecule has 4 aliphatic heterocycles. The fourth-order valence-corrected chi connectivity index (χ4v) is 8.52. The monoisotopic (exact) mass is 806 g/mol. The normalized spacial score (nSPS) is 19.7. The van der Waals surface area contributed by atoms with Crippen molar-refractivity contribution in [3.8, 4) is 5.75 Å². The van der Waals surface area contributed by atoms with Crippen molar-refractivity contribution in [2.75, 3.05) is 77.4 Å². The number of nitrogens with zero attached hydrogens (tertiary/aromatic N) is 5. The number of phenols is 1. The van der Waals surface area contributed by atoms with Gasteiger partial charge in [0.1, 0.15) is 5.75 Å². The highest BCUT2D eigenvalue weighted by Crippen LogP contribution is 2.27. The van der Waals surface area contributed by atoms with Crippen molar-refractivity contribution in [1.82, 2.24) is 24.5 Å². The van der Waals surface area contributed by atoms with Gasteiger partial charge in [-0.3, -0.25) is 19.4 Å². The van der Waals surface area contributed by atoms with E-state index < -0.39 is 30.6 Å². The third-order valence-electron chi connectivity index (χ3n) is 11.7. The van der Waals surface area contributed by atoms with Gasteiger partial charge in [0, 0.05) is 90.0 Å². The first kappa shape index (κ1) is 42.5. The first-order valence-electron chi connectivity index (χ1n) is 20.6. The number of ether oxygens (including phenoxy) is 4. The standard InChI is InChI=1S/C42H58N6O10/c1-5-55-42(54)57-30(4)56-37(49)27-44-15-11-33(12-16-44)45-20-22-46(23-21-45)39(51)36(26-31-24-28(2)38(50)29(3)25-31)58-41(53)47-17-13-34(14-18-47)48-19-10-32-8-6-7-9-35(32)43-40(48)52/h6-9,24-25,30,33-34,36,50H,5,10-23,26-27H2,1-4H3,(H,43,52)/t30?,36-/m1/s1. The Labute approximate surface area is 340 Å². The van der Waals surface area contributed by atoms with Crippen molar-refractivity contribution in [2.24, 2.45) is 0 Å². The molecular formula is C42H58N6O10. The second-order valence-corrected chi connectivity index (χ2v) is 15.6. The third kappa shape index (κ3) is 10.9. The van der Waals surface area contributed by atoms with Crippen molar-refractivity contribution in [3.63, 3.8) is 0 Å². The predicted molar refractivity (Wildman–Crippen MR) is 213 cm³/mol. The zero-order chi connectivity index (χ0) is 41.3. The van der Waals surface area contributed by atoms with E-state index in [1.165, 1.54) is 6.92 Å². The summed E-state index contributed by atoms with van der Waals surface area (Å²) in [6.07, 6.45) is 0.296. The Morgan fingerprint density at radius 1 is 0.828 bits per heavy atom. The van der Waals surface area contributed by atoms with Gasteiger partial charge in [-0.1, -0.05) is 30.3 Å². The number of aromatic hydroxyl groups is 1. The lowest BCUT2D eigenvalue weighted by atomic mass is 10.00. The lowest BCUT2D eigenvalue weighted by Crippen LogP contribution is -2.57. The number of benzene rings is 2. The molecule has 0 bridgehead atoms. The van der Waals surface area contributed by atoms with Gasteiger partial charge in [0.25, 0.3) is 5.91 Å². The molecule has 316 valence electrons. The number of carbonyl (C=O) groups is 5. The highest BCUT2D eigenvalue weighted by atomic mass is 16.8. The summed E-state index contributed by atoms with van der Waals surface area (Å²) in [4.78, 5) is 74.7. The van der Waals surface area contributed by atoms with Gasteiger partial charge >= 0.3 is 24.2 Å². The van der Waals surface area contributed by atoms with Crippen molar-refractivity contribution in [1.29, 1.82) is 0 Å². The molecule has 2 N–H and O–H groups in total. The van der Waals surface area contributed by atoms with Crippen LogP contribution in [0.2, 0.25) is 0 Å². The van der Waals surface area contributed by atoms with E-state index in [0.717, 1.165) is 36.1 Å². The molecule has 2 aromatic carbocycles. The maximum Gasteiger partial charge on any atom is 0.511 e. The lowest BCUT2D eigenvalue weighted by Gasteiger charge is -2.43. The van der Waals surface area contributed by atoms with Gasteiger partial charge in [-0.05, 0) is 81.2 Å². The van der Waals surface area contributed by atoms with Crippen LogP contribution in [-0.4, -0.2) is 156 Å². The molecule has 0 aromatic heterocycles. The van der Waals surface area contributed by atoms with E-state index in [9.17, 15) is 29.1 Å². The van der Waals surface area contributed by atoms with Crippen LogP contribution in [0, 0.1) is 13.8 Å².